The van der Waals surface area contributed by atoms with Crippen molar-refractivity contribution in [2.45, 2.75) is 25.5 Å². The minimum absolute atomic E-state index is 0.0335. The average molecular weight is 378 g/mol. The van der Waals surface area contributed by atoms with E-state index >= 15 is 0 Å². The quantitative estimate of drug-likeness (QED) is 0.515. The van der Waals surface area contributed by atoms with E-state index in [1.165, 1.54) is 0 Å². The van der Waals surface area contributed by atoms with Crippen LogP contribution in [0.15, 0.2) is 29.8 Å². The molecule has 0 aliphatic heterocycles. The number of aryl methyl sites for hydroxylation is 2. The average Bonchev–Trinajstić information content (AvgIpc) is 3.18. The predicted molar refractivity (Wildman–Crippen MR) is 90.1 cm³/mol. The van der Waals surface area contributed by atoms with Gasteiger partial charge >= 0.3 is 5.69 Å². The number of nitrogens with one attached hydrogen (secondary N) is 3. The maximum absolute atomic E-state index is 11.8. The second-order valence-electron chi connectivity index (χ2n) is 5.31. The summed E-state index contributed by atoms with van der Waals surface area (Å²) in [5.41, 5.74) is -0.343. The van der Waals surface area contributed by atoms with E-state index in [0.717, 1.165) is 11.8 Å². The van der Waals surface area contributed by atoms with E-state index in [4.69, 9.17) is 8.94 Å². The van der Waals surface area contributed by atoms with E-state index in [9.17, 15) is 14.4 Å². The van der Waals surface area contributed by atoms with Gasteiger partial charge in [0.2, 0.25) is 11.8 Å². The highest BCUT2D eigenvalue weighted by Crippen LogP contribution is 2.18. The molecule has 0 atom stereocenters. The molecule has 0 aromatic carbocycles. The summed E-state index contributed by atoms with van der Waals surface area (Å²) in [5, 5.41) is 14.1. The Balaban J connectivity index is 1.59. The molecular formula is C14H14N6O5S. The topological polar surface area (TPSA) is 160 Å². The van der Waals surface area contributed by atoms with E-state index < -0.39 is 11.2 Å². The summed E-state index contributed by atoms with van der Waals surface area (Å²) < 4.78 is 10.3. The van der Waals surface area contributed by atoms with E-state index in [-0.39, 0.29) is 29.2 Å². The van der Waals surface area contributed by atoms with Crippen molar-refractivity contribution < 1.29 is 13.7 Å². The van der Waals surface area contributed by atoms with Crippen molar-refractivity contribution in [1.29, 1.82) is 0 Å². The van der Waals surface area contributed by atoms with Crippen molar-refractivity contribution in [3.8, 4) is 0 Å². The third-order valence-electron chi connectivity index (χ3n) is 3.25. The molecule has 3 aromatic rings. The summed E-state index contributed by atoms with van der Waals surface area (Å²) in [6.45, 7) is 3.32. The van der Waals surface area contributed by atoms with Crippen LogP contribution in [-0.2, 0) is 11.2 Å². The maximum atomic E-state index is 11.8. The molecule has 1 amide bonds. The van der Waals surface area contributed by atoms with E-state index in [2.05, 4.69) is 30.6 Å². The fourth-order valence-corrected chi connectivity index (χ4v) is 2.67. The van der Waals surface area contributed by atoms with Gasteiger partial charge in [-0.05, 0) is 13.8 Å². The Kier molecular flexibility index (Phi) is 5.02. The van der Waals surface area contributed by atoms with Gasteiger partial charge in [0.1, 0.15) is 5.76 Å². The zero-order chi connectivity index (χ0) is 18.7. The van der Waals surface area contributed by atoms with Crippen LogP contribution in [0.1, 0.15) is 22.9 Å². The molecule has 0 unspecified atom stereocenters. The Hall–Kier alpha value is -3.15. The number of aromatic amines is 2. The second-order valence-corrected chi connectivity index (χ2v) is 6.24. The van der Waals surface area contributed by atoms with Gasteiger partial charge in [0, 0.05) is 17.3 Å². The van der Waals surface area contributed by atoms with Crippen molar-refractivity contribution in [3.05, 3.63) is 49.8 Å². The molecule has 3 rings (SSSR count). The predicted octanol–water partition coefficient (Wildman–Crippen LogP) is 0.373. The highest BCUT2D eigenvalue weighted by atomic mass is 32.2. The standard InChI is InChI=1S/C14H14N6O5S/c1-6-3-9(20-25-6)16-10(21)5-26-14-19-18-11(24-14)4-8-7(2)15-13(23)17-12(8)22/h3H,4-5H2,1-2H3,(H,16,20,21)(H2,15,17,22,23). The Morgan fingerprint density at radius 2 is 2.08 bits per heavy atom. The van der Waals surface area contributed by atoms with Crippen LogP contribution in [0.4, 0.5) is 5.82 Å². The smallest absolute Gasteiger partial charge is 0.325 e. The van der Waals surface area contributed by atoms with Gasteiger partial charge in [0.15, 0.2) is 5.82 Å². The number of amides is 1. The number of anilines is 1. The van der Waals surface area contributed by atoms with Crippen LogP contribution in [0, 0.1) is 13.8 Å². The van der Waals surface area contributed by atoms with Crippen molar-refractivity contribution in [2.24, 2.45) is 0 Å². The van der Waals surface area contributed by atoms with Crippen LogP contribution in [0.3, 0.4) is 0 Å². The van der Waals surface area contributed by atoms with E-state index in [1.807, 2.05) is 0 Å². The number of nitrogens with zero attached hydrogens (tertiary/aromatic N) is 3. The van der Waals surface area contributed by atoms with Crippen molar-refractivity contribution in [3.63, 3.8) is 0 Å². The molecule has 0 fully saturated rings. The largest absolute Gasteiger partial charge is 0.416 e. The number of rotatable bonds is 6. The molecule has 136 valence electrons. The lowest BCUT2D eigenvalue weighted by molar-refractivity contribution is -0.113. The van der Waals surface area contributed by atoms with Crippen LogP contribution >= 0.6 is 11.8 Å². The summed E-state index contributed by atoms with van der Waals surface area (Å²) in [6.07, 6.45) is 0.0654. The molecular weight excluding hydrogens is 364 g/mol. The molecule has 3 aromatic heterocycles. The normalized spacial score (nSPS) is 10.8. The monoisotopic (exact) mass is 378 g/mol. The van der Waals surface area contributed by atoms with Crippen LogP contribution in [0.25, 0.3) is 0 Å². The Morgan fingerprint density at radius 3 is 2.77 bits per heavy atom. The molecule has 0 bridgehead atoms. The Morgan fingerprint density at radius 1 is 1.27 bits per heavy atom. The first kappa shape index (κ1) is 17.7. The van der Waals surface area contributed by atoms with Crippen LogP contribution in [0.5, 0.6) is 0 Å². The lowest BCUT2D eigenvalue weighted by atomic mass is 10.2. The van der Waals surface area contributed by atoms with Crippen LogP contribution in [-0.4, -0.2) is 37.0 Å². The zero-order valence-electron chi connectivity index (χ0n) is 13.8. The molecule has 0 spiro atoms. The van der Waals surface area contributed by atoms with E-state index in [1.54, 1.807) is 19.9 Å². The molecule has 0 aliphatic rings. The molecule has 0 radical (unpaired) electrons. The van der Waals surface area contributed by atoms with Gasteiger partial charge in [-0.15, -0.1) is 10.2 Å². The van der Waals surface area contributed by atoms with Gasteiger partial charge in [-0.3, -0.25) is 14.6 Å². The summed E-state index contributed by atoms with van der Waals surface area (Å²) in [7, 11) is 0. The van der Waals surface area contributed by atoms with Crippen LogP contribution < -0.4 is 16.6 Å². The number of aromatic nitrogens is 5. The molecule has 3 N–H and O–H groups in total. The number of H-pyrrole nitrogens is 2. The highest BCUT2D eigenvalue weighted by Gasteiger charge is 2.14. The lowest BCUT2D eigenvalue weighted by Crippen LogP contribution is -2.27. The zero-order valence-corrected chi connectivity index (χ0v) is 14.6. The van der Waals surface area contributed by atoms with E-state index in [0.29, 0.717) is 22.8 Å². The van der Waals surface area contributed by atoms with Gasteiger partial charge < -0.3 is 19.2 Å². The third kappa shape index (κ3) is 4.27. The Labute approximate surface area is 149 Å². The van der Waals surface area contributed by atoms with Crippen molar-refractivity contribution in [2.75, 3.05) is 11.1 Å². The van der Waals surface area contributed by atoms with Crippen molar-refractivity contribution >= 4 is 23.5 Å². The molecule has 12 heteroatoms. The number of carbonyl (C=O) groups excluding carboxylic acids is 1. The summed E-state index contributed by atoms with van der Waals surface area (Å²) in [6, 6.07) is 1.59. The second kappa shape index (κ2) is 7.39. The maximum Gasteiger partial charge on any atom is 0.325 e. The first-order valence-corrected chi connectivity index (χ1v) is 8.39. The summed E-state index contributed by atoms with van der Waals surface area (Å²) in [4.78, 5) is 39.5. The van der Waals surface area contributed by atoms with Crippen LogP contribution in [0.2, 0.25) is 0 Å². The number of thioether (sulfide) groups is 1. The van der Waals surface area contributed by atoms with Gasteiger partial charge in [-0.2, -0.15) is 0 Å². The SMILES string of the molecule is Cc1cc(NC(=O)CSc2nnc(Cc3c(C)[nH]c(=O)[nH]c3=O)o2)no1. The lowest BCUT2D eigenvalue weighted by Gasteiger charge is -2.00. The molecule has 26 heavy (non-hydrogen) atoms. The number of hydrogen-bond donors (Lipinski definition) is 3. The number of carbonyl (C=O) groups is 1. The van der Waals surface area contributed by atoms with Gasteiger partial charge in [0.25, 0.3) is 10.8 Å². The fraction of sp³-hybridized carbons (Fsp3) is 0.286. The highest BCUT2D eigenvalue weighted by molar-refractivity contribution is 7.99. The minimum atomic E-state index is -0.577. The van der Waals surface area contributed by atoms with Gasteiger partial charge in [-0.25, -0.2) is 4.79 Å². The fourth-order valence-electron chi connectivity index (χ4n) is 2.09. The molecule has 0 saturated heterocycles. The molecule has 0 saturated carbocycles. The first-order chi connectivity index (χ1) is 12.4. The van der Waals surface area contributed by atoms with Crippen molar-refractivity contribution in [1.82, 2.24) is 25.3 Å². The summed E-state index contributed by atoms with van der Waals surface area (Å²) in [5.74, 6) is 0.831. The van der Waals surface area contributed by atoms with Gasteiger partial charge in [0.05, 0.1) is 12.2 Å². The molecule has 3 heterocycles. The number of hydrogen-bond acceptors (Lipinski definition) is 9. The first-order valence-electron chi connectivity index (χ1n) is 7.41. The molecule has 11 nitrogen and oxygen atoms in total. The third-order valence-corrected chi connectivity index (χ3v) is 4.07. The molecule has 0 aliphatic carbocycles. The Bertz CT molecular complexity index is 1050. The van der Waals surface area contributed by atoms with Gasteiger partial charge in [-0.1, -0.05) is 16.9 Å². The summed E-state index contributed by atoms with van der Waals surface area (Å²) >= 11 is 1.04. The minimum Gasteiger partial charge on any atom is -0.416 e.